The molecule has 0 aromatic heterocycles. The van der Waals surface area contributed by atoms with Crippen LogP contribution in [0.3, 0.4) is 0 Å². The van der Waals surface area contributed by atoms with Crippen LogP contribution in [-0.2, 0) is 19.1 Å². The Bertz CT molecular complexity index is 1380. The van der Waals surface area contributed by atoms with Crippen molar-refractivity contribution in [3.8, 4) is 0 Å². The molecule has 9 heteroatoms. The predicted molar refractivity (Wildman–Crippen MR) is 141 cm³/mol. The van der Waals surface area contributed by atoms with E-state index in [1.54, 1.807) is 55.5 Å². The highest BCUT2D eigenvalue weighted by molar-refractivity contribution is 6.43. The Morgan fingerprint density at radius 3 is 2.22 bits per heavy atom. The molecule has 0 saturated carbocycles. The number of fused-ring (bicyclic) bond motifs is 1. The van der Waals surface area contributed by atoms with E-state index in [1.807, 2.05) is 30.3 Å². The Labute approximate surface area is 214 Å². The van der Waals surface area contributed by atoms with Crippen molar-refractivity contribution in [3.05, 3.63) is 90.0 Å². The zero-order chi connectivity index (χ0) is 26.5. The van der Waals surface area contributed by atoms with E-state index in [4.69, 9.17) is 10.5 Å². The molecular weight excluding hydrogens is 472 g/mol. The number of rotatable bonds is 7. The van der Waals surface area contributed by atoms with E-state index in [2.05, 4.69) is 5.32 Å². The van der Waals surface area contributed by atoms with Crippen LogP contribution < -0.4 is 20.9 Å². The minimum absolute atomic E-state index is 0.132. The lowest BCUT2D eigenvalue weighted by Crippen LogP contribution is -2.37. The summed E-state index contributed by atoms with van der Waals surface area (Å²) in [6, 6.07) is 23.1. The predicted octanol–water partition coefficient (Wildman–Crippen LogP) is 4.01. The second-order valence-electron chi connectivity index (χ2n) is 8.22. The first-order valence-corrected chi connectivity index (χ1v) is 11.7. The Balaban J connectivity index is 1.79. The molecule has 188 valence electrons. The van der Waals surface area contributed by atoms with Gasteiger partial charge in [-0.05, 0) is 42.8 Å². The van der Waals surface area contributed by atoms with E-state index in [9.17, 15) is 19.2 Å². The maximum absolute atomic E-state index is 13.6. The van der Waals surface area contributed by atoms with Crippen LogP contribution in [0.5, 0.6) is 0 Å². The number of carbonyl (C=O) groups excluding carboxylic acids is 4. The van der Waals surface area contributed by atoms with Gasteiger partial charge in [-0.15, -0.1) is 0 Å². The number of carbonyl (C=O) groups is 4. The minimum atomic E-state index is -0.745. The molecule has 3 aromatic rings. The third kappa shape index (κ3) is 5.20. The number of nitrogens with two attached hydrogens (primary N) is 1. The summed E-state index contributed by atoms with van der Waals surface area (Å²) >= 11 is 0. The largest absolute Gasteiger partial charge is 0.449 e. The summed E-state index contributed by atoms with van der Waals surface area (Å²) in [4.78, 5) is 52.0. The molecule has 0 spiro atoms. The number of amides is 4. The smallest absolute Gasteiger partial charge is 0.421 e. The molecule has 0 bridgehead atoms. The average Bonchev–Trinajstić information content (AvgIpc) is 3.18. The van der Waals surface area contributed by atoms with Gasteiger partial charge in [0.2, 0.25) is 11.8 Å². The fourth-order valence-electron chi connectivity index (χ4n) is 4.12. The van der Waals surface area contributed by atoms with Gasteiger partial charge in [0, 0.05) is 23.9 Å². The molecule has 4 amide bonds. The maximum Gasteiger partial charge on any atom is 0.421 e. The molecule has 3 N–H and O–H groups in total. The van der Waals surface area contributed by atoms with Gasteiger partial charge in [0.1, 0.15) is 6.54 Å². The molecule has 3 aromatic carbocycles. The number of hydrogen-bond donors (Lipinski definition) is 2. The third-order valence-electron chi connectivity index (χ3n) is 5.74. The van der Waals surface area contributed by atoms with Gasteiger partial charge in [0.25, 0.3) is 5.91 Å². The molecule has 9 nitrogen and oxygen atoms in total. The van der Waals surface area contributed by atoms with Gasteiger partial charge < -0.3 is 20.7 Å². The standard InChI is InChI=1S/C28H26N4O5/c1-3-37-28(36)32-23-12-8-7-11-22(23)25(27(32)35)26(19-9-5-4-6-10-19)30-20-13-15-21(16-14-20)31(18(2)33)17-24(29)34/h4-16,30H,3,17H2,1-2H3,(H2,29,34)/b26-25-. The Hall–Kier alpha value is -4.92. The van der Waals surface area contributed by atoms with E-state index in [-0.39, 0.29) is 19.1 Å². The van der Waals surface area contributed by atoms with Gasteiger partial charge in [-0.1, -0.05) is 48.5 Å². The van der Waals surface area contributed by atoms with E-state index in [0.717, 1.165) is 10.5 Å². The summed E-state index contributed by atoms with van der Waals surface area (Å²) in [6.07, 6.45) is -0.745. The minimum Gasteiger partial charge on any atom is -0.449 e. The lowest BCUT2D eigenvalue weighted by atomic mass is 10.00. The number of anilines is 3. The van der Waals surface area contributed by atoms with Gasteiger partial charge in [-0.2, -0.15) is 0 Å². The zero-order valence-electron chi connectivity index (χ0n) is 20.4. The van der Waals surface area contributed by atoms with Crippen molar-refractivity contribution < 1.29 is 23.9 Å². The van der Waals surface area contributed by atoms with E-state index in [0.29, 0.717) is 33.9 Å². The molecule has 1 aliphatic heterocycles. The number of para-hydroxylation sites is 1. The van der Waals surface area contributed by atoms with Crippen LogP contribution >= 0.6 is 0 Å². The van der Waals surface area contributed by atoms with Crippen molar-refractivity contribution in [2.24, 2.45) is 5.73 Å². The molecule has 0 atom stereocenters. The van der Waals surface area contributed by atoms with E-state index >= 15 is 0 Å². The number of nitrogens with zero attached hydrogens (tertiary/aromatic N) is 2. The maximum atomic E-state index is 13.6. The summed E-state index contributed by atoms with van der Waals surface area (Å²) in [5.74, 6) is -1.45. The summed E-state index contributed by atoms with van der Waals surface area (Å²) in [5.41, 5.74) is 8.98. The Kier molecular flexibility index (Phi) is 7.34. The molecule has 1 aliphatic rings. The highest BCUT2D eigenvalue weighted by Crippen LogP contribution is 2.41. The number of imide groups is 1. The number of ether oxygens (including phenoxy) is 1. The summed E-state index contributed by atoms with van der Waals surface area (Å²) in [6.45, 7) is 2.92. The highest BCUT2D eigenvalue weighted by atomic mass is 16.6. The number of hydrogen-bond acceptors (Lipinski definition) is 6. The first-order chi connectivity index (χ1) is 17.8. The number of benzene rings is 3. The molecule has 0 saturated heterocycles. The van der Waals surface area contributed by atoms with Crippen molar-refractivity contribution in [2.75, 3.05) is 28.3 Å². The van der Waals surface area contributed by atoms with Crippen LogP contribution in [-0.4, -0.2) is 37.0 Å². The number of nitrogens with one attached hydrogen (secondary N) is 1. The second-order valence-corrected chi connectivity index (χ2v) is 8.22. The lowest BCUT2D eigenvalue weighted by molar-refractivity contribution is -0.121. The molecule has 1 heterocycles. The topological polar surface area (TPSA) is 122 Å². The van der Waals surface area contributed by atoms with Crippen LogP contribution in [0, 0.1) is 0 Å². The van der Waals surface area contributed by atoms with Crippen molar-refractivity contribution in [2.45, 2.75) is 13.8 Å². The fraction of sp³-hybridized carbons (Fsp3) is 0.143. The SMILES string of the molecule is CCOC(=O)N1C(=O)/C(=C(\Nc2ccc(N(CC(N)=O)C(C)=O)cc2)c2ccccc2)c2ccccc21. The molecular formula is C28H26N4O5. The molecule has 4 rings (SSSR count). The van der Waals surface area contributed by atoms with Crippen molar-refractivity contribution in [3.63, 3.8) is 0 Å². The molecule has 0 aliphatic carbocycles. The molecule has 0 fully saturated rings. The summed E-state index contributed by atoms with van der Waals surface area (Å²) < 4.78 is 5.15. The van der Waals surface area contributed by atoms with Crippen LogP contribution in [0.15, 0.2) is 78.9 Å². The normalized spacial score (nSPS) is 13.6. The molecule has 37 heavy (non-hydrogen) atoms. The van der Waals surface area contributed by atoms with E-state index in [1.165, 1.54) is 11.8 Å². The van der Waals surface area contributed by atoms with Gasteiger partial charge >= 0.3 is 6.09 Å². The molecule has 0 radical (unpaired) electrons. The summed E-state index contributed by atoms with van der Waals surface area (Å²) in [7, 11) is 0. The first kappa shape index (κ1) is 25.2. The Morgan fingerprint density at radius 1 is 0.946 bits per heavy atom. The van der Waals surface area contributed by atoms with Gasteiger partial charge in [0.15, 0.2) is 0 Å². The highest BCUT2D eigenvalue weighted by Gasteiger charge is 2.39. The molecule has 0 unspecified atom stereocenters. The van der Waals surface area contributed by atoms with Crippen LogP contribution in [0.25, 0.3) is 11.3 Å². The van der Waals surface area contributed by atoms with Crippen LogP contribution in [0.2, 0.25) is 0 Å². The quantitative estimate of drug-likeness (QED) is 0.475. The van der Waals surface area contributed by atoms with Crippen molar-refractivity contribution >= 4 is 52.1 Å². The van der Waals surface area contributed by atoms with Gasteiger partial charge in [-0.3, -0.25) is 14.4 Å². The zero-order valence-corrected chi connectivity index (χ0v) is 20.4. The van der Waals surface area contributed by atoms with Gasteiger partial charge in [0.05, 0.1) is 23.6 Å². The van der Waals surface area contributed by atoms with Crippen molar-refractivity contribution in [1.82, 2.24) is 0 Å². The average molecular weight is 499 g/mol. The monoisotopic (exact) mass is 498 g/mol. The fourth-order valence-corrected chi connectivity index (χ4v) is 4.12. The Morgan fingerprint density at radius 2 is 1.59 bits per heavy atom. The lowest BCUT2D eigenvalue weighted by Gasteiger charge is -2.20. The third-order valence-corrected chi connectivity index (χ3v) is 5.74. The van der Waals surface area contributed by atoms with Crippen molar-refractivity contribution in [1.29, 1.82) is 0 Å². The van der Waals surface area contributed by atoms with Crippen LogP contribution in [0.1, 0.15) is 25.0 Å². The summed E-state index contributed by atoms with van der Waals surface area (Å²) in [5, 5.41) is 3.32. The first-order valence-electron chi connectivity index (χ1n) is 11.7. The second kappa shape index (κ2) is 10.8. The number of primary amides is 1. The van der Waals surface area contributed by atoms with Gasteiger partial charge in [-0.25, -0.2) is 9.69 Å². The van der Waals surface area contributed by atoms with Crippen LogP contribution in [0.4, 0.5) is 21.9 Å². The van der Waals surface area contributed by atoms with E-state index < -0.39 is 17.9 Å².